The number of nitrogens with one attached hydrogen (secondary N) is 1. The lowest BCUT2D eigenvalue weighted by Gasteiger charge is -2.22. The van der Waals surface area contributed by atoms with Crippen molar-refractivity contribution >= 4 is 22.8 Å². The molecule has 0 radical (unpaired) electrons. The van der Waals surface area contributed by atoms with Gasteiger partial charge in [0.25, 0.3) is 12.3 Å². The van der Waals surface area contributed by atoms with Crippen LogP contribution >= 0.6 is 0 Å². The number of pyridine rings is 2. The van der Waals surface area contributed by atoms with Crippen molar-refractivity contribution < 1.29 is 37.0 Å². The van der Waals surface area contributed by atoms with Crippen molar-refractivity contribution in [3.8, 4) is 5.69 Å². The zero-order valence-electron chi connectivity index (χ0n) is 19.0. The smallest absolute Gasteiger partial charge is 0.258 e. The van der Waals surface area contributed by atoms with Crippen molar-refractivity contribution in [2.75, 3.05) is 11.4 Å². The Morgan fingerprint density at radius 2 is 1.78 bits per heavy atom. The first-order chi connectivity index (χ1) is 17.5. The first-order valence-electron chi connectivity index (χ1n) is 11.5. The van der Waals surface area contributed by atoms with Crippen LogP contribution in [0.4, 0.5) is 27.8 Å². The molecule has 13 heteroatoms. The van der Waals surface area contributed by atoms with Crippen LogP contribution in [0.25, 0.3) is 16.7 Å². The summed E-state index contributed by atoms with van der Waals surface area (Å²) in [6.45, 7) is -0.0140. The fraction of sp³-hybridized carbons (Fsp3) is 0.375. The van der Waals surface area contributed by atoms with Gasteiger partial charge in [0, 0.05) is 31.3 Å². The monoisotopic (exact) mass is 524 g/mol. The molecular formula is C24H21F5N4O4. The molecule has 196 valence electrons. The average molecular weight is 524 g/mol. The van der Waals surface area contributed by atoms with E-state index >= 15 is 0 Å². The molecule has 2 aliphatic rings. The molecule has 3 atom stereocenters. The van der Waals surface area contributed by atoms with Crippen LogP contribution in [-0.2, 0) is 0 Å². The second kappa shape index (κ2) is 9.38. The fourth-order valence-corrected chi connectivity index (χ4v) is 4.56. The molecule has 5 rings (SSSR count). The molecule has 3 aromatic rings. The first-order valence-corrected chi connectivity index (χ1v) is 11.5. The molecule has 1 saturated carbocycles. The van der Waals surface area contributed by atoms with Gasteiger partial charge < -0.3 is 20.4 Å². The van der Waals surface area contributed by atoms with Crippen LogP contribution in [-0.4, -0.2) is 57.0 Å². The molecule has 1 amide bonds. The summed E-state index contributed by atoms with van der Waals surface area (Å²) < 4.78 is 70.9. The number of aliphatic hydroxyl groups excluding tert-OH is 2. The molecule has 1 aromatic carbocycles. The SMILES string of the molecule is O=C(N[C@H](C(F)F)C1CC1)c1cn(-c2c(F)cc(F)cc2F)c2nc(N3C[C@@H](O)CC3O)ccc2c1=O. The Morgan fingerprint density at radius 1 is 1.11 bits per heavy atom. The molecule has 3 N–H and O–H groups in total. The van der Waals surface area contributed by atoms with Crippen LogP contribution in [0, 0.1) is 23.4 Å². The highest BCUT2D eigenvalue weighted by atomic mass is 19.3. The van der Waals surface area contributed by atoms with E-state index in [1.54, 1.807) is 0 Å². The Morgan fingerprint density at radius 3 is 2.35 bits per heavy atom. The number of anilines is 1. The molecule has 0 bridgehead atoms. The maximum atomic E-state index is 14.8. The number of aliphatic hydroxyl groups is 2. The minimum atomic E-state index is -2.89. The molecule has 2 fully saturated rings. The Balaban J connectivity index is 1.70. The number of hydrogen-bond acceptors (Lipinski definition) is 6. The van der Waals surface area contributed by atoms with E-state index in [1.165, 1.54) is 17.0 Å². The van der Waals surface area contributed by atoms with Crippen molar-refractivity contribution in [3.63, 3.8) is 0 Å². The zero-order valence-corrected chi connectivity index (χ0v) is 19.0. The second-order valence-corrected chi connectivity index (χ2v) is 9.19. The number of amides is 1. The number of carbonyl (C=O) groups excluding carboxylic acids is 1. The number of carbonyl (C=O) groups is 1. The van der Waals surface area contributed by atoms with Crippen LogP contribution in [0.15, 0.2) is 35.3 Å². The largest absolute Gasteiger partial charge is 0.391 e. The van der Waals surface area contributed by atoms with Gasteiger partial charge in [0.1, 0.15) is 29.1 Å². The van der Waals surface area contributed by atoms with Crippen molar-refractivity contribution in [3.05, 3.63) is 63.7 Å². The summed E-state index contributed by atoms with van der Waals surface area (Å²) in [5.74, 6) is -5.53. The van der Waals surface area contributed by atoms with Gasteiger partial charge in [-0.15, -0.1) is 0 Å². The van der Waals surface area contributed by atoms with E-state index in [9.17, 15) is 41.8 Å². The molecule has 2 aromatic heterocycles. The molecule has 0 spiro atoms. The Bertz CT molecular complexity index is 1420. The number of alkyl halides is 2. The van der Waals surface area contributed by atoms with Gasteiger partial charge in [-0.25, -0.2) is 26.9 Å². The maximum Gasteiger partial charge on any atom is 0.258 e. The van der Waals surface area contributed by atoms with Gasteiger partial charge in [-0.1, -0.05) is 0 Å². The number of fused-ring (bicyclic) bond motifs is 1. The predicted octanol–water partition coefficient (Wildman–Crippen LogP) is 2.47. The van der Waals surface area contributed by atoms with Gasteiger partial charge in [0.15, 0.2) is 17.3 Å². The minimum absolute atomic E-state index is 0.0130. The second-order valence-electron chi connectivity index (χ2n) is 9.19. The van der Waals surface area contributed by atoms with Gasteiger partial charge in [0.2, 0.25) is 5.43 Å². The lowest BCUT2D eigenvalue weighted by molar-refractivity contribution is 0.0693. The number of hydrogen-bond donors (Lipinski definition) is 3. The van der Waals surface area contributed by atoms with Crippen LogP contribution in [0.5, 0.6) is 0 Å². The number of β-amino-alcohol motifs (C(OH)–C–C–N with tert-alkyl or cyclic N) is 1. The molecule has 8 nitrogen and oxygen atoms in total. The molecule has 1 aliphatic carbocycles. The summed E-state index contributed by atoms with van der Waals surface area (Å²) >= 11 is 0. The number of aromatic nitrogens is 2. The highest BCUT2D eigenvalue weighted by Crippen LogP contribution is 2.35. The zero-order chi connectivity index (χ0) is 26.6. The normalized spacial score (nSPS) is 20.6. The van der Waals surface area contributed by atoms with E-state index in [2.05, 4.69) is 10.3 Å². The van der Waals surface area contributed by atoms with E-state index in [0.717, 1.165) is 10.8 Å². The number of halogens is 5. The van der Waals surface area contributed by atoms with Crippen LogP contribution in [0.2, 0.25) is 0 Å². The van der Waals surface area contributed by atoms with Crippen molar-refractivity contribution in [2.24, 2.45) is 5.92 Å². The summed E-state index contributed by atoms with van der Waals surface area (Å²) in [6, 6.07) is 1.80. The summed E-state index contributed by atoms with van der Waals surface area (Å²) in [7, 11) is 0. The molecular weight excluding hydrogens is 503 g/mol. The minimum Gasteiger partial charge on any atom is -0.391 e. The van der Waals surface area contributed by atoms with E-state index in [0.29, 0.717) is 25.0 Å². The summed E-state index contributed by atoms with van der Waals surface area (Å²) in [5, 5.41) is 21.9. The molecule has 37 heavy (non-hydrogen) atoms. The summed E-state index contributed by atoms with van der Waals surface area (Å²) in [5.41, 5.74) is -2.81. The number of rotatable bonds is 6. The van der Waals surface area contributed by atoms with E-state index in [1.807, 2.05) is 0 Å². The van der Waals surface area contributed by atoms with E-state index in [4.69, 9.17) is 0 Å². The third-order valence-corrected chi connectivity index (χ3v) is 6.55. The quantitative estimate of drug-likeness (QED) is 0.428. The van der Waals surface area contributed by atoms with Gasteiger partial charge in [-0.3, -0.25) is 14.2 Å². The Kier molecular flexibility index (Phi) is 6.36. The van der Waals surface area contributed by atoms with E-state index < -0.39 is 70.8 Å². The van der Waals surface area contributed by atoms with E-state index in [-0.39, 0.29) is 29.8 Å². The number of nitrogens with zero attached hydrogens (tertiary/aromatic N) is 3. The van der Waals surface area contributed by atoms with Crippen LogP contribution < -0.4 is 15.6 Å². The highest BCUT2D eigenvalue weighted by molar-refractivity contribution is 5.97. The highest BCUT2D eigenvalue weighted by Gasteiger charge is 2.39. The predicted molar refractivity (Wildman–Crippen MR) is 121 cm³/mol. The molecule has 1 saturated heterocycles. The summed E-state index contributed by atoms with van der Waals surface area (Å²) in [6.07, 6.45) is -3.15. The third kappa shape index (κ3) is 4.64. The van der Waals surface area contributed by atoms with Gasteiger partial charge in [-0.05, 0) is 30.9 Å². The molecule has 1 unspecified atom stereocenters. The van der Waals surface area contributed by atoms with Crippen molar-refractivity contribution in [1.82, 2.24) is 14.9 Å². The fourth-order valence-electron chi connectivity index (χ4n) is 4.56. The van der Waals surface area contributed by atoms with Crippen molar-refractivity contribution in [2.45, 2.75) is 44.1 Å². The molecule has 1 aliphatic heterocycles. The first kappa shape index (κ1) is 25.1. The number of benzene rings is 1. The Labute approximate surface area is 206 Å². The maximum absolute atomic E-state index is 14.8. The standard InChI is InChI=1S/C24H21F5N4O4/c25-11-5-15(26)20(16(27)6-11)33-9-14(24(37)31-19(22(28)29)10-1-2-10)21(36)13-3-4-17(30-23(13)33)32-8-12(34)7-18(32)35/h3-6,9-10,12,18-19,22,34-35H,1-2,7-8H2,(H,31,37)/t12-,18?,19-/m0/s1. The van der Waals surface area contributed by atoms with Gasteiger partial charge in [-0.2, -0.15) is 0 Å². The van der Waals surface area contributed by atoms with Crippen LogP contribution in [0.1, 0.15) is 29.6 Å². The topological polar surface area (TPSA) is 108 Å². The third-order valence-electron chi connectivity index (χ3n) is 6.55. The van der Waals surface area contributed by atoms with Crippen molar-refractivity contribution in [1.29, 1.82) is 0 Å². The average Bonchev–Trinajstić information content (AvgIpc) is 3.60. The summed E-state index contributed by atoms with van der Waals surface area (Å²) in [4.78, 5) is 31.7. The lowest BCUT2D eigenvalue weighted by atomic mass is 10.1. The van der Waals surface area contributed by atoms with Gasteiger partial charge in [0.05, 0.1) is 17.5 Å². The Hall–Kier alpha value is -3.58. The van der Waals surface area contributed by atoms with Gasteiger partial charge >= 0.3 is 0 Å². The lowest BCUT2D eigenvalue weighted by Crippen LogP contribution is -2.43. The molecule has 3 heterocycles. The van der Waals surface area contributed by atoms with Crippen LogP contribution in [0.3, 0.4) is 0 Å².